The zero-order valence-electron chi connectivity index (χ0n) is 14.7. The van der Waals surface area contributed by atoms with E-state index in [0.717, 1.165) is 22.2 Å². The number of amides is 1. The lowest BCUT2D eigenvalue weighted by Gasteiger charge is -2.30. The quantitative estimate of drug-likeness (QED) is 0.718. The van der Waals surface area contributed by atoms with Crippen LogP contribution in [0.3, 0.4) is 0 Å². The Morgan fingerprint density at radius 3 is 2.33 bits per heavy atom. The van der Waals surface area contributed by atoms with Crippen molar-refractivity contribution in [3.63, 3.8) is 0 Å². The van der Waals surface area contributed by atoms with Crippen LogP contribution in [-0.4, -0.2) is 26.6 Å². The van der Waals surface area contributed by atoms with Crippen LogP contribution in [0.5, 0.6) is 0 Å². The number of nitrogens with zero attached hydrogens (tertiary/aromatic N) is 1. The normalized spacial score (nSPS) is 12.5. The van der Waals surface area contributed by atoms with Crippen molar-refractivity contribution in [3.8, 4) is 0 Å². The fraction of sp³-hybridized carbons (Fsp3) is 0.278. The Kier molecular flexibility index (Phi) is 7.08. The summed E-state index contributed by atoms with van der Waals surface area (Å²) in [5.41, 5.74) is 0.940. The summed E-state index contributed by atoms with van der Waals surface area (Å²) in [6, 6.07) is 9.44. The number of rotatable bonds is 7. The lowest BCUT2D eigenvalue weighted by Crippen LogP contribution is -2.49. The van der Waals surface area contributed by atoms with E-state index in [2.05, 4.69) is 5.32 Å². The van der Waals surface area contributed by atoms with E-state index in [1.165, 1.54) is 12.1 Å². The second kappa shape index (κ2) is 8.91. The van der Waals surface area contributed by atoms with Crippen molar-refractivity contribution >= 4 is 44.8 Å². The maximum atomic E-state index is 13.4. The molecule has 27 heavy (non-hydrogen) atoms. The van der Waals surface area contributed by atoms with Gasteiger partial charge in [0.2, 0.25) is 15.9 Å². The van der Waals surface area contributed by atoms with E-state index in [9.17, 15) is 17.6 Å². The summed E-state index contributed by atoms with van der Waals surface area (Å²) in [5, 5.41) is 3.07. The first-order chi connectivity index (χ1) is 12.6. The van der Waals surface area contributed by atoms with E-state index in [4.69, 9.17) is 23.2 Å². The van der Waals surface area contributed by atoms with Gasteiger partial charge in [-0.15, -0.1) is 0 Å². The molecule has 1 amide bonds. The number of hydrogen-bond donors (Lipinski definition) is 1. The van der Waals surface area contributed by atoms with Crippen LogP contribution in [0, 0.1) is 5.82 Å². The number of halogens is 3. The molecule has 0 heterocycles. The van der Waals surface area contributed by atoms with Crippen LogP contribution in [0.25, 0.3) is 0 Å². The van der Waals surface area contributed by atoms with E-state index in [0.29, 0.717) is 5.02 Å². The van der Waals surface area contributed by atoms with Crippen molar-refractivity contribution in [2.24, 2.45) is 0 Å². The molecule has 9 heteroatoms. The van der Waals surface area contributed by atoms with Gasteiger partial charge in [0.15, 0.2) is 0 Å². The molecule has 0 aliphatic rings. The molecule has 0 fully saturated rings. The fourth-order valence-electron chi connectivity index (χ4n) is 2.59. The second-order valence-corrected chi connectivity index (χ2v) is 8.63. The highest BCUT2D eigenvalue weighted by molar-refractivity contribution is 7.92. The number of nitrogens with one attached hydrogen (secondary N) is 1. The number of benzene rings is 2. The molecule has 1 N–H and O–H groups in total. The maximum Gasteiger partial charge on any atom is 0.244 e. The van der Waals surface area contributed by atoms with Crippen molar-refractivity contribution in [1.82, 2.24) is 5.32 Å². The molecule has 0 saturated carbocycles. The standard InChI is InChI=1S/C18H19Cl2FN2O3S/c1-3-17(18(24)22-11-12-4-6-13(19)7-5-12)23(27(2,25)26)14-8-9-16(21)15(20)10-14/h4-10,17H,3,11H2,1-2H3,(H,22,24). The van der Waals surface area contributed by atoms with E-state index >= 15 is 0 Å². The summed E-state index contributed by atoms with van der Waals surface area (Å²) in [4.78, 5) is 12.7. The molecule has 0 aliphatic heterocycles. The van der Waals surface area contributed by atoms with Crippen LogP contribution in [0.2, 0.25) is 10.0 Å². The molecule has 2 rings (SSSR count). The van der Waals surface area contributed by atoms with Crippen LogP contribution in [0.1, 0.15) is 18.9 Å². The highest BCUT2D eigenvalue weighted by atomic mass is 35.5. The van der Waals surface area contributed by atoms with Crippen LogP contribution in [0.4, 0.5) is 10.1 Å². The summed E-state index contributed by atoms with van der Waals surface area (Å²) in [5.74, 6) is -1.15. The summed E-state index contributed by atoms with van der Waals surface area (Å²) >= 11 is 11.6. The molecule has 1 unspecified atom stereocenters. The number of carbonyl (C=O) groups is 1. The third-order valence-electron chi connectivity index (χ3n) is 3.87. The Hall–Kier alpha value is -1.83. The van der Waals surface area contributed by atoms with E-state index in [-0.39, 0.29) is 23.7 Å². The summed E-state index contributed by atoms with van der Waals surface area (Å²) in [6.07, 6.45) is 1.20. The molecule has 5 nitrogen and oxygen atoms in total. The molecular formula is C18H19Cl2FN2O3S. The van der Waals surface area contributed by atoms with Crippen LogP contribution in [-0.2, 0) is 21.4 Å². The first-order valence-electron chi connectivity index (χ1n) is 8.10. The highest BCUT2D eigenvalue weighted by Crippen LogP contribution is 2.27. The van der Waals surface area contributed by atoms with E-state index < -0.39 is 27.8 Å². The lowest BCUT2D eigenvalue weighted by molar-refractivity contribution is -0.122. The Morgan fingerprint density at radius 1 is 1.19 bits per heavy atom. The first-order valence-corrected chi connectivity index (χ1v) is 10.7. The molecule has 146 valence electrons. The SMILES string of the molecule is CCC(C(=O)NCc1ccc(Cl)cc1)N(c1ccc(F)c(Cl)c1)S(C)(=O)=O. The number of carbonyl (C=O) groups excluding carboxylic acids is 1. The zero-order valence-corrected chi connectivity index (χ0v) is 17.1. The van der Waals surface area contributed by atoms with Gasteiger partial charge in [-0.05, 0) is 42.3 Å². The maximum absolute atomic E-state index is 13.4. The lowest BCUT2D eigenvalue weighted by atomic mass is 10.1. The molecule has 2 aromatic carbocycles. The molecule has 0 saturated heterocycles. The minimum absolute atomic E-state index is 0.123. The van der Waals surface area contributed by atoms with Gasteiger partial charge in [0, 0.05) is 11.6 Å². The average molecular weight is 433 g/mol. The number of sulfonamides is 1. The van der Waals surface area contributed by atoms with Crippen LogP contribution < -0.4 is 9.62 Å². The minimum Gasteiger partial charge on any atom is -0.350 e. The van der Waals surface area contributed by atoms with Crippen LogP contribution in [0.15, 0.2) is 42.5 Å². The van der Waals surface area contributed by atoms with E-state index in [1.807, 2.05) is 0 Å². The molecule has 1 atom stereocenters. The molecule has 0 radical (unpaired) electrons. The smallest absolute Gasteiger partial charge is 0.244 e. The first kappa shape index (κ1) is 21.5. The third kappa shape index (κ3) is 5.57. The van der Waals surface area contributed by atoms with Crippen molar-refractivity contribution in [2.75, 3.05) is 10.6 Å². The van der Waals surface area contributed by atoms with Gasteiger partial charge >= 0.3 is 0 Å². The van der Waals surface area contributed by atoms with Crippen molar-refractivity contribution in [3.05, 3.63) is 63.9 Å². The summed E-state index contributed by atoms with van der Waals surface area (Å²) in [7, 11) is -3.82. The Labute approximate surface area is 168 Å². The third-order valence-corrected chi connectivity index (χ3v) is 5.59. The minimum atomic E-state index is -3.82. The topological polar surface area (TPSA) is 66.5 Å². The number of anilines is 1. The van der Waals surface area contributed by atoms with Gasteiger partial charge in [-0.1, -0.05) is 42.3 Å². The zero-order chi connectivity index (χ0) is 20.2. The molecule has 0 bridgehead atoms. The van der Waals surface area contributed by atoms with E-state index in [1.54, 1.807) is 31.2 Å². The Bertz CT molecular complexity index is 921. The van der Waals surface area contributed by atoms with Gasteiger partial charge in [0.05, 0.1) is 17.0 Å². The molecule has 0 spiro atoms. The predicted octanol–water partition coefficient (Wildman–Crippen LogP) is 3.99. The summed E-state index contributed by atoms with van der Waals surface area (Å²) < 4.78 is 39.1. The fourth-order valence-corrected chi connectivity index (χ4v) is 4.10. The Morgan fingerprint density at radius 2 is 1.81 bits per heavy atom. The van der Waals surface area contributed by atoms with Gasteiger partial charge in [-0.2, -0.15) is 0 Å². The van der Waals surface area contributed by atoms with Gasteiger partial charge in [-0.25, -0.2) is 12.8 Å². The Balaban J connectivity index is 2.27. The monoisotopic (exact) mass is 432 g/mol. The largest absolute Gasteiger partial charge is 0.350 e. The van der Waals surface area contributed by atoms with Crippen molar-refractivity contribution in [1.29, 1.82) is 0 Å². The van der Waals surface area contributed by atoms with Crippen LogP contribution >= 0.6 is 23.2 Å². The molecule has 0 aliphatic carbocycles. The molecule has 2 aromatic rings. The molecular weight excluding hydrogens is 414 g/mol. The van der Waals surface area contributed by atoms with Crippen molar-refractivity contribution in [2.45, 2.75) is 25.9 Å². The highest BCUT2D eigenvalue weighted by Gasteiger charge is 2.31. The predicted molar refractivity (Wildman–Crippen MR) is 106 cm³/mol. The van der Waals surface area contributed by atoms with Gasteiger partial charge in [0.25, 0.3) is 0 Å². The number of hydrogen-bond acceptors (Lipinski definition) is 3. The van der Waals surface area contributed by atoms with Crippen molar-refractivity contribution < 1.29 is 17.6 Å². The second-order valence-electron chi connectivity index (χ2n) is 5.93. The summed E-state index contributed by atoms with van der Waals surface area (Å²) in [6.45, 7) is 1.91. The van der Waals surface area contributed by atoms with Gasteiger partial charge in [0.1, 0.15) is 11.9 Å². The van der Waals surface area contributed by atoms with Gasteiger partial charge < -0.3 is 5.32 Å². The van der Waals surface area contributed by atoms with Gasteiger partial charge in [-0.3, -0.25) is 9.10 Å². The average Bonchev–Trinajstić information content (AvgIpc) is 2.60. The molecule has 0 aromatic heterocycles.